The lowest BCUT2D eigenvalue weighted by atomic mass is 10.0. The first-order valence-electron chi connectivity index (χ1n) is 7.21. The van der Waals surface area contributed by atoms with Crippen molar-refractivity contribution < 1.29 is 41.0 Å². The lowest BCUT2D eigenvalue weighted by molar-refractivity contribution is -0.143. The molecule has 0 spiro atoms. The number of nitrogens with one attached hydrogen (secondary N) is 1. The maximum Gasteiger partial charge on any atom is 0.416 e. The standard InChI is InChI=1S/C15H13F6NO3/c16-14(17,18)9-3-8(4-10(6-9)15(19,20)21)12(23)22-11-2-1-7(5-11)13(24)25/h3-4,6-7,11H,1-2,5H2,(H,22,23)(H,24,25)/t7-,11+/m0/s1. The number of alkyl halides is 6. The van der Waals surface area contributed by atoms with Gasteiger partial charge in [0.05, 0.1) is 17.0 Å². The molecule has 0 aromatic heterocycles. The first-order valence-corrected chi connectivity index (χ1v) is 7.21. The van der Waals surface area contributed by atoms with E-state index in [0.29, 0.717) is 12.1 Å². The Balaban J connectivity index is 2.25. The predicted molar refractivity (Wildman–Crippen MR) is 72.7 cm³/mol. The second kappa shape index (κ2) is 6.57. The minimum atomic E-state index is -5.04. The second-order valence-electron chi connectivity index (χ2n) is 5.81. The summed E-state index contributed by atoms with van der Waals surface area (Å²) in [7, 11) is 0. The van der Waals surface area contributed by atoms with Crippen LogP contribution in [0.3, 0.4) is 0 Å². The fourth-order valence-corrected chi connectivity index (χ4v) is 2.69. The smallest absolute Gasteiger partial charge is 0.416 e. The molecule has 2 atom stereocenters. The number of carbonyl (C=O) groups excluding carboxylic acids is 1. The van der Waals surface area contributed by atoms with Crippen LogP contribution in [0.4, 0.5) is 26.3 Å². The second-order valence-corrected chi connectivity index (χ2v) is 5.81. The molecule has 25 heavy (non-hydrogen) atoms. The molecule has 0 heterocycles. The lowest BCUT2D eigenvalue weighted by Crippen LogP contribution is -2.33. The van der Waals surface area contributed by atoms with E-state index in [4.69, 9.17) is 5.11 Å². The monoisotopic (exact) mass is 369 g/mol. The van der Waals surface area contributed by atoms with Crippen molar-refractivity contribution in [2.75, 3.05) is 0 Å². The molecule has 1 fully saturated rings. The van der Waals surface area contributed by atoms with Gasteiger partial charge in [0.1, 0.15) is 0 Å². The zero-order chi connectivity index (χ0) is 19.0. The minimum Gasteiger partial charge on any atom is -0.481 e. The zero-order valence-corrected chi connectivity index (χ0v) is 12.5. The third-order valence-corrected chi connectivity index (χ3v) is 3.97. The molecule has 0 bridgehead atoms. The molecule has 0 aliphatic heterocycles. The van der Waals surface area contributed by atoms with E-state index in [1.54, 1.807) is 0 Å². The van der Waals surface area contributed by atoms with E-state index >= 15 is 0 Å². The van der Waals surface area contributed by atoms with Crippen molar-refractivity contribution in [2.45, 2.75) is 37.7 Å². The van der Waals surface area contributed by atoms with Crippen molar-refractivity contribution in [2.24, 2.45) is 5.92 Å². The highest BCUT2D eigenvalue weighted by Crippen LogP contribution is 2.36. The van der Waals surface area contributed by atoms with Gasteiger partial charge in [0.2, 0.25) is 0 Å². The third kappa shape index (κ3) is 4.64. The highest BCUT2D eigenvalue weighted by molar-refractivity contribution is 5.95. The summed E-state index contributed by atoms with van der Waals surface area (Å²) in [6, 6.07) is 0.00681. The summed E-state index contributed by atoms with van der Waals surface area (Å²) in [4.78, 5) is 22.9. The van der Waals surface area contributed by atoms with Crippen LogP contribution in [0, 0.1) is 5.92 Å². The van der Waals surface area contributed by atoms with Crippen molar-refractivity contribution >= 4 is 11.9 Å². The van der Waals surface area contributed by atoms with E-state index in [2.05, 4.69) is 5.32 Å². The van der Waals surface area contributed by atoms with Crippen LogP contribution in [0.15, 0.2) is 18.2 Å². The molecule has 4 nitrogen and oxygen atoms in total. The van der Waals surface area contributed by atoms with Crippen LogP contribution in [0.2, 0.25) is 0 Å². The molecule has 2 N–H and O–H groups in total. The first kappa shape index (κ1) is 19.1. The molecular formula is C15H13F6NO3. The highest BCUT2D eigenvalue weighted by Gasteiger charge is 2.38. The van der Waals surface area contributed by atoms with E-state index in [9.17, 15) is 35.9 Å². The molecule has 10 heteroatoms. The number of hydrogen-bond acceptors (Lipinski definition) is 2. The number of carboxylic acid groups (broad SMARTS) is 1. The number of aliphatic carboxylic acids is 1. The highest BCUT2D eigenvalue weighted by atomic mass is 19.4. The minimum absolute atomic E-state index is 0.0627. The molecule has 1 aromatic carbocycles. The number of carbonyl (C=O) groups is 2. The van der Waals surface area contributed by atoms with Gasteiger partial charge in [-0.1, -0.05) is 0 Å². The van der Waals surface area contributed by atoms with Crippen LogP contribution in [0.25, 0.3) is 0 Å². The Kier molecular flexibility index (Phi) is 5.01. The van der Waals surface area contributed by atoms with Gasteiger partial charge >= 0.3 is 18.3 Å². The maximum atomic E-state index is 12.8. The largest absolute Gasteiger partial charge is 0.481 e. The average Bonchev–Trinajstić information content (AvgIpc) is 2.93. The topological polar surface area (TPSA) is 66.4 Å². The average molecular weight is 369 g/mol. The SMILES string of the molecule is O=C(N[C@@H]1CC[C@H](C(=O)O)C1)c1cc(C(F)(F)F)cc(C(F)(F)F)c1. The number of halogens is 6. The molecular weight excluding hydrogens is 356 g/mol. The fraction of sp³-hybridized carbons (Fsp3) is 0.467. The molecule has 1 aromatic rings. The summed E-state index contributed by atoms with van der Waals surface area (Å²) in [5.41, 5.74) is -3.94. The quantitative estimate of drug-likeness (QED) is 0.799. The Labute approximate surface area is 137 Å². The molecule has 1 amide bonds. The van der Waals surface area contributed by atoms with Crippen molar-refractivity contribution in [3.05, 3.63) is 34.9 Å². The first-order chi connectivity index (χ1) is 11.4. The summed E-state index contributed by atoms with van der Waals surface area (Å²) in [5, 5.41) is 11.2. The molecule has 0 saturated heterocycles. The van der Waals surface area contributed by atoms with Gasteiger partial charge in [0.15, 0.2) is 0 Å². The van der Waals surface area contributed by atoms with Gasteiger partial charge in [0, 0.05) is 11.6 Å². The van der Waals surface area contributed by atoms with Crippen LogP contribution in [0.1, 0.15) is 40.7 Å². The summed E-state index contributed by atoms with van der Waals surface area (Å²) < 4.78 is 76.7. The van der Waals surface area contributed by atoms with E-state index in [1.165, 1.54) is 0 Å². The number of amides is 1. The number of rotatable bonds is 3. The van der Waals surface area contributed by atoms with Gasteiger partial charge in [-0.3, -0.25) is 9.59 Å². The van der Waals surface area contributed by atoms with Gasteiger partial charge in [-0.15, -0.1) is 0 Å². The van der Waals surface area contributed by atoms with Gasteiger partial charge in [-0.2, -0.15) is 26.3 Å². The third-order valence-electron chi connectivity index (χ3n) is 3.97. The Morgan fingerprint density at radius 2 is 1.48 bits per heavy atom. The van der Waals surface area contributed by atoms with Crippen molar-refractivity contribution in [1.82, 2.24) is 5.32 Å². The summed E-state index contributed by atoms with van der Waals surface area (Å²) in [6.07, 6.45) is -9.45. The van der Waals surface area contributed by atoms with Gasteiger partial charge < -0.3 is 10.4 Å². The normalized spacial score (nSPS) is 21.2. The molecule has 1 aliphatic carbocycles. The Morgan fingerprint density at radius 3 is 1.88 bits per heavy atom. The molecule has 2 rings (SSSR count). The number of carboxylic acids is 1. The van der Waals surface area contributed by atoms with E-state index in [1.807, 2.05) is 0 Å². The van der Waals surface area contributed by atoms with E-state index in [-0.39, 0.29) is 25.3 Å². The number of benzene rings is 1. The van der Waals surface area contributed by atoms with Gasteiger partial charge in [-0.05, 0) is 37.5 Å². The predicted octanol–water partition coefficient (Wildman–Crippen LogP) is 3.71. The Morgan fingerprint density at radius 1 is 0.960 bits per heavy atom. The van der Waals surface area contributed by atoms with Crippen LogP contribution < -0.4 is 5.32 Å². The van der Waals surface area contributed by atoms with Crippen molar-refractivity contribution in [1.29, 1.82) is 0 Å². The summed E-state index contributed by atoms with van der Waals surface area (Å²) >= 11 is 0. The lowest BCUT2D eigenvalue weighted by Gasteiger charge is -2.16. The van der Waals surface area contributed by atoms with Crippen LogP contribution in [0.5, 0.6) is 0 Å². The Hall–Kier alpha value is -2.26. The van der Waals surface area contributed by atoms with Crippen LogP contribution >= 0.6 is 0 Å². The molecule has 138 valence electrons. The zero-order valence-electron chi connectivity index (χ0n) is 12.5. The fourth-order valence-electron chi connectivity index (χ4n) is 2.69. The molecule has 1 saturated carbocycles. The van der Waals surface area contributed by atoms with Gasteiger partial charge in [0.25, 0.3) is 5.91 Å². The van der Waals surface area contributed by atoms with E-state index in [0.717, 1.165) is 0 Å². The maximum absolute atomic E-state index is 12.8. The van der Waals surface area contributed by atoms with Crippen LogP contribution in [-0.4, -0.2) is 23.0 Å². The summed E-state index contributed by atoms with van der Waals surface area (Å²) in [6.45, 7) is 0. The molecule has 1 aliphatic rings. The van der Waals surface area contributed by atoms with Crippen molar-refractivity contribution in [3.63, 3.8) is 0 Å². The number of hydrogen-bond donors (Lipinski definition) is 2. The molecule has 0 radical (unpaired) electrons. The Bertz CT molecular complexity index is 651. The van der Waals surface area contributed by atoms with Crippen molar-refractivity contribution in [3.8, 4) is 0 Å². The van der Waals surface area contributed by atoms with E-state index < -0.39 is 52.9 Å². The van der Waals surface area contributed by atoms with Crippen LogP contribution in [-0.2, 0) is 17.1 Å². The summed E-state index contributed by atoms with van der Waals surface area (Å²) in [5.74, 6) is -2.86. The van der Waals surface area contributed by atoms with Gasteiger partial charge in [-0.25, -0.2) is 0 Å². The molecule has 0 unspecified atom stereocenters.